The van der Waals surface area contributed by atoms with Gasteiger partial charge in [0, 0.05) is 0 Å². The Morgan fingerprint density at radius 3 is 2.28 bits per heavy atom. The summed E-state index contributed by atoms with van der Waals surface area (Å²) in [5.41, 5.74) is 0.250. The smallest absolute Gasteiger partial charge is 0.407 e. The molecule has 6 nitrogen and oxygen atoms in total. The Morgan fingerprint density at radius 1 is 1.16 bits per heavy atom. The largest absolute Gasteiger partial charge is 0.460 e. The molecule has 0 bridgehead atoms. The molecule has 0 heterocycles. The van der Waals surface area contributed by atoms with Crippen LogP contribution >= 0.6 is 0 Å². The second-order valence-corrected chi connectivity index (χ2v) is 7.33. The summed E-state index contributed by atoms with van der Waals surface area (Å²) in [5.74, 6) is -0.591. The molecule has 2 N–H and O–H groups in total. The van der Waals surface area contributed by atoms with Crippen LogP contribution in [0.25, 0.3) is 0 Å². The van der Waals surface area contributed by atoms with E-state index < -0.39 is 29.8 Å². The Kier molecular flexibility index (Phi) is 7.90. The molecule has 0 aliphatic heterocycles. The number of benzene rings is 1. The highest BCUT2D eigenvalue weighted by Crippen LogP contribution is 2.14. The van der Waals surface area contributed by atoms with Crippen LogP contribution in [0.2, 0.25) is 0 Å². The van der Waals surface area contributed by atoms with Crippen LogP contribution in [0, 0.1) is 5.92 Å². The molecule has 0 aliphatic rings. The summed E-state index contributed by atoms with van der Waals surface area (Å²) in [5, 5.41) is 12.9. The topological polar surface area (TPSA) is 84.9 Å². The second kappa shape index (κ2) is 9.42. The average molecular weight is 351 g/mol. The maximum atomic E-state index is 12.0. The van der Waals surface area contributed by atoms with Crippen molar-refractivity contribution in [1.29, 1.82) is 0 Å². The zero-order chi connectivity index (χ0) is 19.0. The molecule has 1 aromatic carbocycles. The minimum absolute atomic E-state index is 0.0817. The Morgan fingerprint density at radius 2 is 1.76 bits per heavy atom. The monoisotopic (exact) mass is 351 g/mol. The highest BCUT2D eigenvalue weighted by Gasteiger charge is 2.29. The van der Waals surface area contributed by atoms with E-state index >= 15 is 0 Å². The van der Waals surface area contributed by atoms with Crippen LogP contribution in [-0.2, 0) is 20.9 Å². The van der Waals surface area contributed by atoms with E-state index in [-0.39, 0.29) is 18.9 Å². The van der Waals surface area contributed by atoms with E-state index in [4.69, 9.17) is 9.47 Å². The molecule has 25 heavy (non-hydrogen) atoms. The van der Waals surface area contributed by atoms with E-state index in [1.807, 2.05) is 44.2 Å². The minimum atomic E-state index is -1.06. The van der Waals surface area contributed by atoms with Crippen molar-refractivity contribution in [2.45, 2.75) is 65.4 Å². The van der Waals surface area contributed by atoms with Crippen molar-refractivity contribution in [1.82, 2.24) is 5.32 Å². The number of nitrogens with one attached hydrogen (secondary N) is 1. The first-order valence-corrected chi connectivity index (χ1v) is 8.45. The van der Waals surface area contributed by atoms with Crippen LogP contribution in [-0.4, -0.2) is 34.9 Å². The Balaban J connectivity index is 2.54. The lowest BCUT2D eigenvalue weighted by atomic mass is 9.96. The third-order valence-electron chi connectivity index (χ3n) is 3.43. The number of rotatable bonds is 7. The molecule has 140 valence electrons. The van der Waals surface area contributed by atoms with E-state index in [2.05, 4.69) is 5.32 Å². The molecule has 1 aromatic rings. The maximum absolute atomic E-state index is 12.0. The van der Waals surface area contributed by atoms with E-state index in [0.29, 0.717) is 0 Å². The number of ether oxygens (including phenoxy) is 2. The molecule has 1 rings (SSSR count). The van der Waals surface area contributed by atoms with Crippen molar-refractivity contribution in [3.8, 4) is 0 Å². The first-order valence-electron chi connectivity index (χ1n) is 8.45. The molecule has 0 unspecified atom stereocenters. The quantitative estimate of drug-likeness (QED) is 0.738. The van der Waals surface area contributed by atoms with Crippen molar-refractivity contribution < 1.29 is 24.2 Å². The molecule has 0 aliphatic carbocycles. The molecule has 2 atom stereocenters. The van der Waals surface area contributed by atoms with Gasteiger partial charge in [-0.2, -0.15) is 0 Å². The van der Waals surface area contributed by atoms with Gasteiger partial charge in [0.15, 0.2) is 0 Å². The van der Waals surface area contributed by atoms with E-state index in [1.165, 1.54) is 0 Å². The highest BCUT2D eigenvalue weighted by molar-refractivity contribution is 5.71. The molecule has 0 aromatic heterocycles. The van der Waals surface area contributed by atoms with Gasteiger partial charge in [0.05, 0.1) is 18.6 Å². The lowest BCUT2D eigenvalue weighted by Gasteiger charge is -2.28. The second-order valence-electron chi connectivity index (χ2n) is 7.33. The van der Waals surface area contributed by atoms with Crippen molar-refractivity contribution in [2.24, 2.45) is 5.92 Å². The standard InChI is InChI=1S/C19H29NO5/c1-13(2)17(15(21)11-16(22)25-19(3,4)5)20-18(23)24-12-14-9-7-6-8-10-14/h6-10,13,15,17,21H,11-12H2,1-5H3,(H,20,23)/t15-,17+/m1/s1. The zero-order valence-electron chi connectivity index (χ0n) is 15.6. The Hall–Kier alpha value is -2.08. The fourth-order valence-corrected chi connectivity index (χ4v) is 2.29. The lowest BCUT2D eigenvalue weighted by Crippen LogP contribution is -2.48. The zero-order valence-corrected chi connectivity index (χ0v) is 15.6. The predicted molar refractivity (Wildman–Crippen MR) is 94.9 cm³/mol. The molecular weight excluding hydrogens is 322 g/mol. The van der Waals surface area contributed by atoms with Gasteiger partial charge in [-0.25, -0.2) is 4.79 Å². The van der Waals surface area contributed by atoms with Gasteiger partial charge in [-0.1, -0.05) is 44.2 Å². The van der Waals surface area contributed by atoms with Crippen LogP contribution in [0.1, 0.15) is 46.6 Å². The Bertz CT molecular complexity index is 551. The molecule has 0 saturated heterocycles. The molecule has 1 amide bonds. The number of alkyl carbamates (subject to hydrolysis) is 1. The predicted octanol–water partition coefficient (Wildman–Crippen LogP) is 3.03. The van der Waals surface area contributed by atoms with Crippen molar-refractivity contribution in [3.05, 3.63) is 35.9 Å². The third-order valence-corrected chi connectivity index (χ3v) is 3.43. The summed E-state index contributed by atoms with van der Waals surface area (Å²) in [6, 6.07) is 8.69. The summed E-state index contributed by atoms with van der Waals surface area (Å²) < 4.78 is 10.4. The van der Waals surface area contributed by atoms with Gasteiger partial charge in [-0.15, -0.1) is 0 Å². The summed E-state index contributed by atoms with van der Waals surface area (Å²) in [7, 11) is 0. The molecule has 0 saturated carbocycles. The van der Waals surface area contributed by atoms with Gasteiger partial charge < -0.3 is 19.9 Å². The first kappa shape index (κ1) is 21.0. The van der Waals surface area contributed by atoms with Crippen molar-refractivity contribution in [3.63, 3.8) is 0 Å². The lowest BCUT2D eigenvalue weighted by molar-refractivity contribution is -0.157. The number of aliphatic hydroxyl groups is 1. The number of carbonyl (C=O) groups is 2. The fourth-order valence-electron chi connectivity index (χ4n) is 2.29. The van der Waals surface area contributed by atoms with Crippen LogP contribution in [0.15, 0.2) is 30.3 Å². The third kappa shape index (κ3) is 8.54. The number of esters is 1. The molecular formula is C19H29NO5. The fraction of sp³-hybridized carbons (Fsp3) is 0.579. The van der Waals surface area contributed by atoms with Crippen LogP contribution in [0.4, 0.5) is 4.79 Å². The molecule has 6 heteroatoms. The number of amides is 1. The van der Waals surface area contributed by atoms with Gasteiger partial charge in [-0.3, -0.25) is 4.79 Å². The van der Waals surface area contributed by atoms with E-state index in [9.17, 15) is 14.7 Å². The molecule has 0 spiro atoms. The van der Waals surface area contributed by atoms with Gasteiger partial charge in [0.2, 0.25) is 0 Å². The highest BCUT2D eigenvalue weighted by atomic mass is 16.6. The van der Waals surface area contributed by atoms with Gasteiger partial charge in [0.25, 0.3) is 0 Å². The van der Waals surface area contributed by atoms with E-state index in [0.717, 1.165) is 5.56 Å². The summed E-state index contributed by atoms with van der Waals surface area (Å²) >= 11 is 0. The van der Waals surface area contributed by atoms with Crippen LogP contribution in [0.5, 0.6) is 0 Å². The van der Waals surface area contributed by atoms with E-state index in [1.54, 1.807) is 20.8 Å². The Labute approximate surface area is 149 Å². The normalized spacial score (nSPS) is 13.9. The number of carbonyl (C=O) groups excluding carboxylic acids is 2. The summed E-state index contributed by atoms with van der Waals surface area (Å²) in [6.07, 6.45) is -1.89. The maximum Gasteiger partial charge on any atom is 0.407 e. The number of aliphatic hydroxyl groups excluding tert-OH is 1. The van der Waals surface area contributed by atoms with Gasteiger partial charge in [-0.05, 0) is 32.3 Å². The van der Waals surface area contributed by atoms with Gasteiger partial charge in [0.1, 0.15) is 12.2 Å². The van der Waals surface area contributed by atoms with Crippen LogP contribution < -0.4 is 5.32 Å². The minimum Gasteiger partial charge on any atom is -0.460 e. The number of hydrogen-bond acceptors (Lipinski definition) is 5. The van der Waals surface area contributed by atoms with Crippen molar-refractivity contribution >= 4 is 12.1 Å². The number of hydrogen-bond donors (Lipinski definition) is 2. The average Bonchev–Trinajstić information content (AvgIpc) is 2.49. The van der Waals surface area contributed by atoms with Crippen LogP contribution in [0.3, 0.4) is 0 Å². The summed E-state index contributed by atoms with van der Waals surface area (Å²) in [6.45, 7) is 9.11. The molecule has 0 radical (unpaired) electrons. The van der Waals surface area contributed by atoms with Crippen molar-refractivity contribution in [2.75, 3.05) is 0 Å². The SMILES string of the molecule is CC(C)[C@H](NC(=O)OCc1ccccc1)[C@H](O)CC(=O)OC(C)(C)C. The summed E-state index contributed by atoms with van der Waals surface area (Å²) in [4.78, 5) is 23.9. The first-order chi connectivity index (χ1) is 11.6. The van der Waals surface area contributed by atoms with Gasteiger partial charge >= 0.3 is 12.1 Å². The molecule has 0 fully saturated rings.